The van der Waals surface area contributed by atoms with Gasteiger partial charge in [-0.1, -0.05) is 18.2 Å². The molecular weight excluding hydrogens is 266 g/mol. The smallest absolute Gasteiger partial charge is 0.261 e. The number of hydrogen-bond acceptors (Lipinski definition) is 3. The van der Waals surface area contributed by atoms with Gasteiger partial charge in [0.15, 0.2) is 0 Å². The summed E-state index contributed by atoms with van der Waals surface area (Å²) in [5, 5.41) is 0. The Morgan fingerprint density at radius 2 is 1.67 bits per heavy atom. The first kappa shape index (κ1) is 13.5. The number of benzene rings is 1. The van der Waals surface area contributed by atoms with Gasteiger partial charge in [-0.05, 0) is 49.5 Å². The summed E-state index contributed by atoms with van der Waals surface area (Å²) in [7, 11) is 0. The van der Waals surface area contributed by atoms with Crippen molar-refractivity contribution in [3.05, 3.63) is 47.1 Å². The van der Waals surface area contributed by atoms with Gasteiger partial charge in [-0.25, -0.2) is 4.90 Å². The summed E-state index contributed by atoms with van der Waals surface area (Å²) >= 11 is 0. The fourth-order valence-corrected chi connectivity index (χ4v) is 2.89. The second-order valence-electron chi connectivity index (χ2n) is 5.20. The summed E-state index contributed by atoms with van der Waals surface area (Å²) in [6, 6.07) is 7.08. The van der Waals surface area contributed by atoms with Gasteiger partial charge in [0, 0.05) is 11.1 Å². The number of imide groups is 1. The molecule has 0 bridgehead atoms. The summed E-state index contributed by atoms with van der Waals surface area (Å²) < 4.78 is 0. The van der Waals surface area contributed by atoms with Crippen molar-refractivity contribution >= 4 is 29.9 Å². The second-order valence-corrected chi connectivity index (χ2v) is 5.20. The quantitative estimate of drug-likeness (QED) is 0.486. The lowest BCUT2D eigenvalue weighted by atomic mass is 9.93. The van der Waals surface area contributed by atoms with Crippen molar-refractivity contribution in [3.63, 3.8) is 0 Å². The number of hydrogen-bond donors (Lipinski definition) is 0. The van der Waals surface area contributed by atoms with Gasteiger partial charge in [0.25, 0.3) is 11.8 Å². The molecule has 2 amide bonds. The molecule has 0 N–H and O–H groups in total. The largest absolute Gasteiger partial charge is 0.299 e. The third-order valence-electron chi connectivity index (χ3n) is 3.89. The lowest BCUT2D eigenvalue weighted by molar-refractivity contribution is -0.120. The normalized spacial score (nSPS) is 18.6. The third kappa shape index (κ3) is 2.33. The van der Waals surface area contributed by atoms with E-state index < -0.39 is 0 Å². The van der Waals surface area contributed by atoms with E-state index in [2.05, 4.69) is 0 Å². The minimum atomic E-state index is -0.189. The minimum Gasteiger partial charge on any atom is -0.299 e. The van der Waals surface area contributed by atoms with E-state index in [1.807, 2.05) is 6.07 Å². The number of anilines is 1. The van der Waals surface area contributed by atoms with Crippen molar-refractivity contribution in [2.75, 3.05) is 4.90 Å². The van der Waals surface area contributed by atoms with Crippen LogP contribution in [0, 0.1) is 0 Å². The highest BCUT2D eigenvalue weighted by molar-refractivity contribution is 6.33. The Bertz CT molecular complexity index is 657. The lowest BCUT2D eigenvalue weighted by Crippen LogP contribution is -2.31. The number of allylic oxidation sites excluding steroid dienone is 1. The molecule has 1 aliphatic heterocycles. The molecule has 0 fully saturated rings. The molecule has 1 aromatic rings. The maximum atomic E-state index is 12.4. The lowest BCUT2D eigenvalue weighted by Gasteiger charge is -2.15. The first-order valence-electron chi connectivity index (χ1n) is 7.05. The SMILES string of the molecule is O=CC=Cc1cccc(N2C(=O)C3=C(CCCC3)C2=O)c1. The first-order chi connectivity index (χ1) is 10.2. The van der Waals surface area contributed by atoms with Crippen LogP contribution in [0.5, 0.6) is 0 Å². The first-order valence-corrected chi connectivity index (χ1v) is 7.05. The molecule has 1 aromatic carbocycles. The molecule has 1 heterocycles. The number of carbonyl (C=O) groups excluding carboxylic acids is 3. The van der Waals surface area contributed by atoms with Crippen LogP contribution in [0.4, 0.5) is 5.69 Å². The van der Waals surface area contributed by atoms with Crippen molar-refractivity contribution < 1.29 is 14.4 Å². The van der Waals surface area contributed by atoms with Gasteiger partial charge in [0.2, 0.25) is 0 Å². The van der Waals surface area contributed by atoms with E-state index in [1.165, 1.54) is 11.0 Å². The summed E-state index contributed by atoms with van der Waals surface area (Å²) in [4.78, 5) is 36.5. The van der Waals surface area contributed by atoms with Crippen LogP contribution in [-0.2, 0) is 14.4 Å². The summed E-state index contributed by atoms with van der Waals surface area (Å²) in [6.45, 7) is 0. The fourth-order valence-electron chi connectivity index (χ4n) is 2.89. The van der Waals surface area contributed by atoms with Crippen LogP contribution in [0.3, 0.4) is 0 Å². The Balaban J connectivity index is 1.95. The zero-order chi connectivity index (χ0) is 14.8. The van der Waals surface area contributed by atoms with E-state index >= 15 is 0 Å². The number of aldehydes is 1. The molecule has 0 spiro atoms. The van der Waals surface area contributed by atoms with Gasteiger partial charge in [-0.15, -0.1) is 0 Å². The van der Waals surface area contributed by atoms with E-state index in [1.54, 1.807) is 24.3 Å². The molecule has 0 radical (unpaired) electrons. The monoisotopic (exact) mass is 281 g/mol. The van der Waals surface area contributed by atoms with E-state index in [0.29, 0.717) is 36.0 Å². The predicted molar refractivity (Wildman–Crippen MR) is 79.5 cm³/mol. The number of nitrogens with zero attached hydrogens (tertiary/aromatic N) is 1. The summed E-state index contributed by atoms with van der Waals surface area (Å²) in [5.74, 6) is -0.377. The molecule has 0 aromatic heterocycles. The van der Waals surface area contributed by atoms with Gasteiger partial charge in [-0.3, -0.25) is 14.4 Å². The molecule has 4 heteroatoms. The van der Waals surface area contributed by atoms with Crippen LogP contribution in [0.2, 0.25) is 0 Å². The predicted octanol–water partition coefficient (Wildman–Crippen LogP) is 2.64. The summed E-state index contributed by atoms with van der Waals surface area (Å²) in [6.07, 6.45) is 7.05. The molecule has 21 heavy (non-hydrogen) atoms. The topological polar surface area (TPSA) is 54.5 Å². The van der Waals surface area contributed by atoms with Crippen LogP contribution >= 0.6 is 0 Å². The van der Waals surface area contributed by atoms with Crippen LogP contribution in [-0.4, -0.2) is 18.1 Å². The molecule has 1 aliphatic carbocycles. The third-order valence-corrected chi connectivity index (χ3v) is 3.89. The molecule has 106 valence electrons. The molecule has 3 rings (SSSR count). The van der Waals surface area contributed by atoms with Gasteiger partial charge in [0.1, 0.15) is 6.29 Å². The number of carbonyl (C=O) groups is 3. The molecule has 0 atom stereocenters. The Morgan fingerprint density at radius 3 is 2.29 bits per heavy atom. The van der Waals surface area contributed by atoms with Gasteiger partial charge < -0.3 is 0 Å². The Morgan fingerprint density at radius 1 is 1.00 bits per heavy atom. The van der Waals surface area contributed by atoms with Gasteiger partial charge >= 0.3 is 0 Å². The molecule has 2 aliphatic rings. The molecular formula is C17H15NO3. The average Bonchev–Trinajstić information content (AvgIpc) is 2.78. The maximum Gasteiger partial charge on any atom is 0.261 e. The van der Waals surface area contributed by atoms with Crippen molar-refractivity contribution in [2.45, 2.75) is 25.7 Å². The molecule has 4 nitrogen and oxygen atoms in total. The highest BCUT2D eigenvalue weighted by Gasteiger charge is 2.39. The summed E-state index contributed by atoms with van der Waals surface area (Å²) in [5.41, 5.74) is 2.71. The molecule has 0 saturated heterocycles. The fraction of sp³-hybridized carbons (Fsp3) is 0.235. The van der Waals surface area contributed by atoms with Gasteiger partial charge in [-0.2, -0.15) is 0 Å². The molecule has 0 saturated carbocycles. The number of amides is 2. The zero-order valence-corrected chi connectivity index (χ0v) is 11.5. The van der Waals surface area contributed by atoms with Crippen LogP contribution in [0.25, 0.3) is 6.08 Å². The van der Waals surface area contributed by atoms with Crippen molar-refractivity contribution in [2.24, 2.45) is 0 Å². The standard InChI is InChI=1S/C17H15NO3/c19-10-4-6-12-5-3-7-13(11-12)18-16(20)14-8-1-2-9-15(14)17(18)21/h3-7,10-11H,1-2,8-9H2. The maximum absolute atomic E-state index is 12.4. The van der Waals surface area contributed by atoms with Crippen LogP contribution < -0.4 is 4.90 Å². The Labute approximate surface area is 122 Å². The van der Waals surface area contributed by atoms with E-state index in [9.17, 15) is 14.4 Å². The highest BCUT2D eigenvalue weighted by atomic mass is 16.2. The average molecular weight is 281 g/mol. The Kier molecular flexibility index (Phi) is 3.52. The minimum absolute atomic E-state index is 0.189. The van der Waals surface area contributed by atoms with Crippen molar-refractivity contribution in [1.82, 2.24) is 0 Å². The van der Waals surface area contributed by atoms with E-state index in [-0.39, 0.29) is 11.8 Å². The van der Waals surface area contributed by atoms with Crippen LogP contribution in [0.15, 0.2) is 41.5 Å². The second kappa shape index (κ2) is 5.48. The van der Waals surface area contributed by atoms with Crippen LogP contribution in [0.1, 0.15) is 31.2 Å². The van der Waals surface area contributed by atoms with E-state index in [4.69, 9.17) is 0 Å². The molecule has 0 unspecified atom stereocenters. The van der Waals surface area contributed by atoms with E-state index in [0.717, 1.165) is 18.4 Å². The van der Waals surface area contributed by atoms with Crippen molar-refractivity contribution in [1.29, 1.82) is 0 Å². The Hall–Kier alpha value is -2.49. The number of rotatable bonds is 3. The highest BCUT2D eigenvalue weighted by Crippen LogP contribution is 2.35. The zero-order valence-electron chi connectivity index (χ0n) is 11.5. The van der Waals surface area contributed by atoms with Crippen molar-refractivity contribution in [3.8, 4) is 0 Å². The van der Waals surface area contributed by atoms with Gasteiger partial charge in [0.05, 0.1) is 5.69 Å².